The molecular formula is C19H23F3N4O+2. The molecule has 1 aromatic carbocycles. The summed E-state index contributed by atoms with van der Waals surface area (Å²) in [5.41, 5.74) is 0.385. The van der Waals surface area contributed by atoms with Gasteiger partial charge in [0.15, 0.2) is 0 Å². The first-order valence-corrected chi connectivity index (χ1v) is 8.80. The van der Waals surface area contributed by atoms with Gasteiger partial charge in [-0.15, -0.1) is 0 Å². The van der Waals surface area contributed by atoms with E-state index >= 15 is 0 Å². The highest BCUT2D eigenvalue weighted by atomic mass is 19.4. The molecule has 0 radical (unpaired) electrons. The number of alkyl halides is 3. The molecule has 0 saturated heterocycles. The van der Waals surface area contributed by atoms with Crippen LogP contribution < -0.4 is 15.6 Å². The number of aromatic amines is 1. The molecule has 0 bridgehead atoms. The highest BCUT2D eigenvalue weighted by Crippen LogP contribution is 2.27. The molecule has 0 fully saturated rings. The van der Waals surface area contributed by atoms with Crippen LogP contribution in [0.15, 0.2) is 54.9 Å². The minimum atomic E-state index is -4.34. The van der Waals surface area contributed by atoms with Gasteiger partial charge in [-0.05, 0) is 23.6 Å². The Hall–Kier alpha value is -2.58. The highest BCUT2D eigenvalue weighted by Gasteiger charge is 2.31. The van der Waals surface area contributed by atoms with Gasteiger partial charge in [0.05, 0.1) is 12.1 Å². The number of quaternary nitrogens is 1. The summed E-state index contributed by atoms with van der Waals surface area (Å²) in [6, 6.07) is 12.4. The number of pyridine rings is 1. The number of H-pyrrole nitrogens is 1. The Bertz CT molecular complexity index is 861. The zero-order chi connectivity index (χ0) is 19.3. The number of hydrogen-bond donors (Lipinski definition) is 3. The molecule has 27 heavy (non-hydrogen) atoms. The van der Waals surface area contributed by atoms with E-state index in [4.69, 9.17) is 0 Å². The second kappa shape index (κ2) is 8.41. The van der Waals surface area contributed by atoms with Crippen LogP contribution in [0.5, 0.6) is 0 Å². The summed E-state index contributed by atoms with van der Waals surface area (Å²) in [6.07, 6.45) is -1.92. The van der Waals surface area contributed by atoms with Gasteiger partial charge in [-0.3, -0.25) is 5.32 Å². The highest BCUT2D eigenvalue weighted by molar-refractivity contribution is 5.79. The normalized spacial score (nSPS) is 13.0. The Kier molecular flexibility index (Phi) is 5.98. The summed E-state index contributed by atoms with van der Waals surface area (Å²) in [6.45, 7) is 2.33. The number of aliphatic hydroxyl groups excluding tert-OH is 1. The molecule has 0 amide bonds. The van der Waals surface area contributed by atoms with Crippen molar-refractivity contribution in [3.05, 3.63) is 60.4 Å². The van der Waals surface area contributed by atoms with E-state index in [1.807, 2.05) is 46.4 Å². The zero-order valence-electron chi connectivity index (χ0n) is 14.7. The van der Waals surface area contributed by atoms with Crippen molar-refractivity contribution in [2.75, 3.05) is 25.0 Å². The largest absolute Gasteiger partial charge is 0.419 e. The Balaban J connectivity index is 1.37. The van der Waals surface area contributed by atoms with Gasteiger partial charge in [0.25, 0.3) is 5.82 Å². The maximum atomic E-state index is 12.5. The number of nitrogens with two attached hydrogens (primary N) is 1. The number of aromatic nitrogens is 2. The predicted octanol–water partition coefficient (Wildman–Crippen LogP) is 1.51. The molecule has 0 unspecified atom stereocenters. The Morgan fingerprint density at radius 2 is 1.96 bits per heavy atom. The molecule has 8 heteroatoms. The number of hydrogen-bond acceptors (Lipinski definition) is 2. The fourth-order valence-electron chi connectivity index (χ4n) is 2.93. The second-order valence-corrected chi connectivity index (χ2v) is 6.41. The van der Waals surface area contributed by atoms with E-state index in [0.717, 1.165) is 23.2 Å². The number of aliphatic hydroxyl groups is 1. The van der Waals surface area contributed by atoms with Crippen LogP contribution in [0, 0.1) is 0 Å². The van der Waals surface area contributed by atoms with Crippen molar-refractivity contribution >= 4 is 16.7 Å². The fraction of sp³-hybridized carbons (Fsp3) is 0.316. The van der Waals surface area contributed by atoms with Gasteiger partial charge in [-0.1, -0.05) is 18.2 Å². The van der Waals surface area contributed by atoms with Crippen molar-refractivity contribution in [1.82, 2.24) is 4.57 Å². The molecular weight excluding hydrogens is 357 g/mol. The van der Waals surface area contributed by atoms with Gasteiger partial charge >= 0.3 is 6.18 Å². The van der Waals surface area contributed by atoms with Crippen LogP contribution in [0.4, 0.5) is 19.0 Å². The minimum absolute atomic E-state index is 0.488. The molecule has 3 rings (SSSR count). The molecule has 0 saturated carbocycles. The van der Waals surface area contributed by atoms with Crippen LogP contribution in [0.1, 0.15) is 5.56 Å². The number of halogens is 3. The van der Waals surface area contributed by atoms with Gasteiger partial charge in [-0.2, -0.15) is 13.2 Å². The standard InChI is InChI=1S/C19H21F3N4O/c20-19(21,22)15-5-6-18(25-11-15)24-9-8-23-12-16(27)13-26-10-7-14-3-1-2-4-17(14)26/h1-7,10-11,16,23,27H,8-9,12-13H2,(H,24,25)/p+2/t16-/m1/s1. The molecule has 2 aromatic heterocycles. The van der Waals surface area contributed by atoms with E-state index in [0.29, 0.717) is 32.0 Å². The fourth-order valence-corrected chi connectivity index (χ4v) is 2.93. The third-order valence-corrected chi connectivity index (χ3v) is 4.33. The first-order chi connectivity index (χ1) is 12.9. The van der Waals surface area contributed by atoms with Crippen LogP contribution in [0.2, 0.25) is 0 Å². The quantitative estimate of drug-likeness (QED) is 0.519. The molecule has 0 aliphatic carbocycles. The summed E-state index contributed by atoms with van der Waals surface area (Å²) in [5.74, 6) is 0.524. The third kappa shape index (κ3) is 5.21. The van der Waals surface area contributed by atoms with E-state index in [2.05, 4.69) is 10.3 Å². The maximum Gasteiger partial charge on any atom is 0.419 e. The van der Waals surface area contributed by atoms with Gasteiger partial charge in [-0.25, -0.2) is 4.98 Å². The van der Waals surface area contributed by atoms with Crippen LogP contribution in [0.3, 0.4) is 0 Å². The monoisotopic (exact) mass is 380 g/mol. The van der Waals surface area contributed by atoms with Crippen LogP contribution in [-0.4, -0.2) is 35.4 Å². The molecule has 0 aliphatic heterocycles. The van der Waals surface area contributed by atoms with Crippen molar-refractivity contribution in [3.63, 3.8) is 0 Å². The molecule has 5 N–H and O–H groups in total. The van der Waals surface area contributed by atoms with Crippen LogP contribution in [0.25, 0.3) is 10.9 Å². The first-order valence-electron chi connectivity index (χ1n) is 8.80. The van der Waals surface area contributed by atoms with Gasteiger partial charge in [0.2, 0.25) is 0 Å². The number of rotatable bonds is 8. The summed E-state index contributed by atoms with van der Waals surface area (Å²) in [7, 11) is 0. The van der Waals surface area contributed by atoms with Gasteiger partial charge < -0.3 is 15.0 Å². The summed E-state index contributed by atoms with van der Waals surface area (Å²) >= 11 is 0. The van der Waals surface area contributed by atoms with Crippen LogP contribution >= 0.6 is 0 Å². The van der Waals surface area contributed by atoms with Crippen molar-refractivity contribution in [1.29, 1.82) is 0 Å². The summed E-state index contributed by atoms with van der Waals surface area (Å²) in [4.78, 5) is 2.59. The van der Waals surface area contributed by atoms with E-state index < -0.39 is 17.8 Å². The van der Waals surface area contributed by atoms with Gasteiger partial charge in [0.1, 0.15) is 31.9 Å². The van der Waals surface area contributed by atoms with Crippen molar-refractivity contribution < 1.29 is 28.6 Å². The Morgan fingerprint density at radius 1 is 1.15 bits per heavy atom. The number of fused-ring (bicyclic) bond motifs is 1. The van der Waals surface area contributed by atoms with Gasteiger partial charge in [0, 0.05) is 17.8 Å². The molecule has 3 aromatic rings. The summed E-state index contributed by atoms with van der Waals surface area (Å²) in [5, 5.41) is 16.4. The van der Waals surface area contributed by atoms with E-state index in [-0.39, 0.29) is 0 Å². The van der Waals surface area contributed by atoms with Crippen molar-refractivity contribution in [2.45, 2.75) is 18.8 Å². The predicted molar refractivity (Wildman–Crippen MR) is 96.1 cm³/mol. The Labute approximate surface area is 154 Å². The van der Waals surface area contributed by atoms with Crippen molar-refractivity contribution in [2.24, 2.45) is 0 Å². The molecule has 2 heterocycles. The van der Waals surface area contributed by atoms with E-state index in [9.17, 15) is 18.3 Å². The molecule has 1 atom stereocenters. The maximum absolute atomic E-state index is 12.5. The lowest BCUT2D eigenvalue weighted by Crippen LogP contribution is -2.87. The Morgan fingerprint density at radius 3 is 2.70 bits per heavy atom. The second-order valence-electron chi connectivity index (χ2n) is 6.41. The zero-order valence-corrected chi connectivity index (χ0v) is 14.7. The number of nitrogens with one attached hydrogen (secondary N) is 2. The lowest BCUT2D eigenvalue weighted by Gasteiger charge is -2.11. The topological polar surface area (TPSA) is 67.9 Å². The SMILES string of the molecule is O[C@H](C[NH2+]CCNc1ccc(C(F)(F)F)c[nH+]1)Cn1ccc2ccccc21. The van der Waals surface area contributed by atoms with Crippen molar-refractivity contribution in [3.8, 4) is 0 Å². The molecule has 0 spiro atoms. The average Bonchev–Trinajstić information content (AvgIpc) is 3.04. The van der Waals surface area contributed by atoms with Crippen LogP contribution in [-0.2, 0) is 12.7 Å². The van der Waals surface area contributed by atoms with E-state index in [1.165, 1.54) is 6.07 Å². The molecule has 144 valence electrons. The first kappa shape index (κ1) is 19.2. The number of nitrogens with zero attached hydrogens (tertiary/aromatic N) is 1. The lowest BCUT2D eigenvalue weighted by molar-refractivity contribution is -0.658. The average molecular weight is 380 g/mol. The molecule has 5 nitrogen and oxygen atoms in total. The minimum Gasteiger partial charge on any atom is -0.385 e. The third-order valence-electron chi connectivity index (χ3n) is 4.33. The lowest BCUT2D eigenvalue weighted by atomic mass is 10.2. The number of para-hydroxylation sites is 1. The molecule has 0 aliphatic rings. The number of anilines is 1. The summed E-state index contributed by atoms with van der Waals surface area (Å²) < 4.78 is 39.5. The smallest absolute Gasteiger partial charge is 0.385 e. The van der Waals surface area contributed by atoms with E-state index in [1.54, 1.807) is 0 Å². The number of benzene rings is 1.